The molecule has 1 amide bonds. The van der Waals surface area contributed by atoms with Gasteiger partial charge in [0, 0.05) is 11.6 Å². The van der Waals surface area contributed by atoms with Crippen molar-refractivity contribution in [2.75, 3.05) is 25.1 Å². The molecular formula is C18H22Cl2N2O2S. The highest BCUT2D eigenvalue weighted by molar-refractivity contribution is 7.99. The SMILES string of the molecule is CN.Clc1ccc(Oc2ccccc2)c(Cl)c1.O=C1CSCCCN1. The molecule has 0 bridgehead atoms. The molecule has 3 rings (SSSR count). The normalized spacial score (nSPS) is 13.2. The minimum atomic E-state index is 0.188. The highest BCUT2D eigenvalue weighted by atomic mass is 35.5. The number of thioether (sulfide) groups is 1. The second-order valence-corrected chi connectivity index (χ2v) is 6.69. The number of carbonyl (C=O) groups excluding carboxylic acids is 1. The Labute approximate surface area is 163 Å². The highest BCUT2D eigenvalue weighted by Crippen LogP contribution is 2.31. The molecular weight excluding hydrogens is 379 g/mol. The molecule has 0 saturated carbocycles. The predicted molar refractivity (Wildman–Crippen MR) is 108 cm³/mol. The number of carbonyl (C=O) groups is 1. The molecule has 0 spiro atoms. The van der Waals surface area contributed by atoms with Gasteiger partial charge in [-0.05, 0) is 49.6 Å². The molecule has 25 heavy (non-hydrogen) atoms. The van der Waals surface area contributed by atoms with Crippen molar-refractivity contribution in [3.63, 3.8) is 0 Å². The van der Waals surface area contributed by atoms with E-state index in [-0.39, 0.29) is 5.91 Å². The Morgan fingerprint density at radius 3 is 2.52 bits per heavy atom. The Bertz CT molecular complexity index is 632. The maximum atomic E-state index is 10.6. The average Bonchev–Trinajstić information content (AvgIpc) is 2.88. The Hall–Kier alpha value is -1.40. The second-order valence-electron chi connectivity index (χ2n) is 4.75. The fraction of sp³-hybridized carbons (Fsp3) is 0.278. The third-order valence-electron chi connectivity index (χ3n) is 2.89. The highest BCUT2D eigenvalue weighted by Gasteiger charge is 2.04. The molecule has 1 saturated heterocycles. The van der Waals surface area contributed by atoms with Gasteiger partial charge in [0.1, 0.15) is 11.5 Å². The Morgan fingerprint density at radius 2 is 1.84 bits per heavy atom. The summed E-state index contributed by atoms with van der Waals surface area (Å²) in [5.74, 6) is 3.32. The van der Waals surface area contributed by atoms with Crippen LogP contribution in [0.1, 0.15) is 6.42 Å². The number of nitrogens with two attached hydrogens (primary N) is 1. The zero-order valence-electron chi connectivity index (χ0n) is 14.0. The lowest BCUT2D eigenvalue weighted by atomic mass is 10.3. The first-order chi connectivity index (χ1) is 12.1. The van der Waals surface area contributed by atoms with Gasteiger partial charge in [0.15, 0.2) is 0 Å². The van der Waals surface area contributed by atoms with Crippen LogP contribution in [-0.2, 0) is 4.79 Å². The summed E-state index contributed by atoms with van der Waals surface area (Å²) in [7, 11) is 1.50. The molecule has 136 valence electrons. The van der Waals surface area contributed by atoms with Gasteiger partial charge in [0.25, 0.3) is 0 Å². The van der Waals surface area contributed by atoms with E-state index in [0.29, 0.717) is 21.5 Å². The van der Waals surface area contributed by atoms with Gasteiger partial charge in [-0.3, -0.25) is 4.79 Å². The minimum Gasteiger partial charge on any atom is -0.456 e. The van der Waals surface area contributed by atoms with Crippen LogP contribution in [0.25, 0.3) is 0 Å². The van der Waals surface area contributed by atoms with Crippen LogP contribution in [0.5, 0.6) is 11.5 Å². The van der Waals surface area contributed by atoms with Gasteiger partial charge >= 0.3 is 0 Å². The van der Waals surface area contributed by atoms with E-state index >= 15 is 0 Å². The van der Waals surface area contributed by atoms with Crippen LogP contribution in [0.3, 0.4) is 0 Å². The molecule has 0 aromatic heterocycles. The molecule has 0 aliphatic carbocycles. The Kier molecular flexibility index (Phi) is 11.2. The fourth-order valence-electron chi connectivity index (χ4n) is 1.79. The first kappa shape index (κ1) is 21.6. The molecule has 1 fully saturated rings. The predicted octanol–water partition coefficient (Wildman–Crippen LogP) is 4.60. The van der Waals surface area contributed by atoms with Crippen molar-refractivity contribution in [2.45, 2.75) is 6.42 Å². The molecule has 1 aliphatic rings. The van der Waals surface area contributed by atoms with Gasteiger partial charge < -0.3 is 15.8 Å². The van der Waals surface area contributed by atoms with Crippen LogP contribution >= 0.6 is 35.0 Å². The lowest BCUT2D eigenvalue weighted by molar-refractivity contribution is -0.118. The molecule has 4 nitrogen and oxygen atoms in total. The number of para-hydroxylation sites is 1. The summed E-state index contributed by atoms with van der Waals surface area (Å²) in [5, 5.41) is 3.89. The van der Waals surface area contributed by atoms with E-state index in [0.717, 1.165) is 24.5 Å². The summed E-state index contributed by atoms with van der Waals surface area (Å²) in [6.07, 6.45) is 1.12. The molecule has 2 aromatic carbocycles. The smallest absolute Gasteiger partial charge is 0.229 e. The van der Waals surface area contributed by atoms with E-state index in [1.165, 1.54) is 7.05 Å². The van der Waals surface area contributed by atoms with E-state index in [2.05, 4.69) is 11.1 Å². The van der Waals surface area contributed by atoms with Crippen molar-refractivity contribution >= 4 is 40.9 Å². The van der Waals surface area contributed by atoms with E-state index in [4.69, 9.17) is 27.9 Å². The molecule has 2 aromatic rings. The van der Waals surface area contributed by atoms with Crippen molar-refractivity contribution in [2.24, 2.45) is 5.73 Å². The van der Waals surface area contributed by atoms with Crippen molar-refractivity contribution in [1.29, 1.82) is 0 Å². The largest absolute Gasteiger partial charge is 0.456 e. The molecule has 0 unspecified atom stereocenters. The first-order valence-electron chi connectivity index (χ1n) is 7.75. The molecule has 0 atom stereocenters. The van der Waals surface area contributed by atoms with Gasteiger partial charge in [-0.15, -0.1) is 0 Å². The summed E-state index contributed by atoms with van der Waals surface area (Å²) in [5.41, 5.74) is 4.50. The first-order valence-corrected chi connectivity index (χ1v) is 9.66. The number of benzene rings is 2. The van der Waals surface area contributed by atoms with Gasteiger partial charge in [0.05, 0.1) is 10.8 Å². The lowest BCUT2D eigenvalue weighted by Crippen LogP contribution is -2.23. The topological polar surface area (TPSA) is 64.3 Å². The quantitative estimate of drug-likeness (QED) is 0.772. The molecule has 1 heterocycles. The number of nitrogens with one attached hydrogen (secondary N) is 1. The molecule has 3 N–H and O–H groups in total. The average molecular weight is 401 g/mol. The zero-order chi connectivity index (χ0) is 18.5. The van der Waals surface area contributed by atoms with Crippen LogP contribution in [0, 0.1) is 0 Å². The lowest BCUT2D eigenvalue weighted by Gasteiger charge is -2.07. The van der Waals surface area contributed by atoms with Crippen LogP contribution < -0.4 is 15.8 Å². The van der Waals surface area contributed by atoms with Gasteiger partial charge in [-0.2, -0.15) is 11.8 Å². The standard InChI is InChI=1S/C12H8Cl2O.C5H9NOS.CH5N/c13-9-6-7-12(11(14)8-9)15-10-4-2-1-3-5-10;7-5-4-8-3-1-2-6-5;1-2/h1-8H;1-4H2,(H,6,7);2H2,1H3. The van der Waals surface area contributed by atoms with Crippen molar-refractivity contribution in [3.8, 4) is 11.5 Å². The van der Waals surface area contributed by atoms with E-state index in [1.807, 2.05) is 30.3 Å². The number of amides is 1. The van der Waals surface area contributed by atoms with Crippen LogP contribution in [-0.4, -0.2) is 31.0 Å². The van der Waals surface area contributed by atoms with Crippen LogP contribution in [0.2, 0.25) is 10.0 Å². The van der Waals surface area contributed by atoms with Crippen LogP contribution in [0.4, 0.5) is 0 Å². The van der Waals surface area contributed by atoms with Gasteiger partial charge in [-0.1, -0.05) is 41.4 Å². The van der Waals surface area contributed by atoms with E-state index in [9.17, 15) is 4.79 Å². The summed E-state index contributed by atoms with van der Waals surface area (Å²) < 4.78 is 5.57. The number of hydrogen-bond donors (Lipinski definition) is 2. The van der Waals surface area contributed by atoms with E-state index in [1.54, 1.807) is 30.0 Å². The monoisotopic (exact) mass is 400 g/mol. The fourth-order valence-corrected chi connectivity index (χ4v) is 3.02. The summed E-state index contributed by atoms with van der Waals surface area (Å²) in [6, 6.07) is 14.6. The second kappa shape index (κ2) is 12.9. The van der Waals surface area contributed by atoms with Gasteiger partial charge in [0.2, 0.25) is 5.91 Å². The zero-order valence-corrected chi connectivity index (χ0v) is 16.3. The van der Waals surface area contributed by atoms with Crippen molar-refractivity contribution < 1.29 is 9.53 Å². The number of hydrogen-bond acceptors (Lipinski definition) is 4. The summed E-state index contributed by atoms with van der Waals surface area (Å²) in [6.45, 7) is 0.867. The third-order valence-corrected chi connectivity index (χ3v) is 4.46. The maximum absolute atomic E-state index is 10.6. The minimum absolute atomic E-state index is 0.188. The molecule has 0 radical (unpaired) electrons. The number of ether oxygens (including phenoxy) is 1. The number of halogens is 2. The molecule has 7 heteroatoms. The van der Waals surface area contributed by atoms with E-state index < -0.39 is 0 Å². The van der Waals surface area contributed by atoms with Crippen molar-refractivity contribution in [3.05, 3.63) is 58.6 Å². The van der Waals surface area contributed by atoms with Crippen LogP contribution in [0.15, 0.2) is 48.5 Å². The van der Waals surface area contributed by atoms with Gasteiger partial charge in [-0.25, -0.2) is 0 Å². The Balaban J connectivity index is 0.000000264. The maximum Gasteiger partial charge on any atom is 0.229 e. The third kappa shape index (κ3) is 9.02. The summed E-state index contributed by atoms with van der Waals surface area (Å²) >= 11 is 13.5. The summed E-state index contributed by atoms with van der Waals surface area (Å²) in [4.78, 5) is 10.6. The van der Waals surface area contributed by atoms with Crippen molar-refractivity contribution in [1.82, 2.24) is 5.32 Å². The number of rotatable bonds is 2. The molecule has 1 aliphatic heterocycles. The Morgan fingerprint density at radius 1 is 1.12 bits per heavy atom.